The second-order valence-corrected chi connectivity index (χ2v) is 9.93. The van der Waals surface area contributed by atoms with Crippen molar-refractivity contribution >= 4 is 31.7 Å². The minimum absolute atomic E-state index is 0.0648. The third-order valence-electron chi connectivity index (χ3n) is 4.38. The zero-order valence-corrected chi connectivity index (χ0v) is 18.3. The maximum Gasteiger partial charge on any atom is 0.339 e. The molecule has 0 aliphatic heterocycles. The summed E-state index contributed by atoms with van der Waals surface area (Å²) >= 11 is 0. The van der Waals surface area contributed by atoms with Gasteiger partial charge < -0.3 is 9.50 Å². The van der Waals surface area contributed by atoms with E-state index >= 15 is 0 Å². The first kappa shape index (κ1) is 22.5. The Hall–Kier alpha value is -3.21. The number of amides is 1. The van der Waals surface area contributed by atoms with E-state index in [1.165, 1.54) is 54.6 Å². The SMILES string of the molecule is Cc1ccc(C)c(S(=O)(=O)Oc2ccc(C(=O)Nc3ccc(S(N)(=O)=O)cc3)cc2)c1. The van der Waals surface area contributed by atoms with Gasteiger partial charge >= 0.3 is 10.1 Å². The summed E-state index contributed by atoms with van der Waals surface area (Å²) < 4.78 is 52.9. The minimum Gasteiger partial charge on any atom is -0.379 e. The Labute approximate surface area is 180 Å². The van der Waals surface area contributed by atoms with Gasteiger partial charge in [-0.2, -0.15) is 8.42 Å². The molecule has 0 saturated heterocycles. The van der Waals surface area contributed by atoms with E-state index in [1.54, 1.807) is 19.9 Å². The molecule has 3 aromatic carbocycles. The van der Waals surface area contributed by atoms with E-state index in [0.717, 1.165) is 5.56 Å². The number of sulfonamides is 1. The van der Waals surface area contributed by atoms with Crippen LogP contribution in [0.5, 0.6) is 5.75 Å². The molecule has 1 amide bonds. The first-order valence-electron chi connectivity index (χ1n) is 9.02. The normalized spacial score (nSPS) is 11.7. The van der Waals surface area contributed by atoms with Crippen LogP contribution in [0.1, 0.15) is 21.5 Å². The van der Waals surface area contributed by atoms with Gasteiger partial charge in [0.25, 0.3) is 5.91 Å². The van der Waals surface area contributed by atoms with Crippen LogP contribution in [-0.4, -0.2) is 22.7 Å². The molecule has 0 spiro atoms. The monoisotopic (exact) mass is 460 g/mol. The highest BCUT2D eigenvalue weighted by atomic mass is 32.2. The predicted octanol–water partition coefficient (Wildman–Crippen LogP) is 2.97. The lowest BCUT2D eigenvalue weighted by Crippen LogP contribution is -2.14. The van der Waals surface area contributed by atoms with Crippen LogP contribution in [0, 0.1) is 13.8 Å². The Morgan fingerprint density at radius 3 is 2.06 bits per heavy atom. The van der Waals surface area contributed by atoms with Crippen molar-refractivity contribution in [3.05, 3.63) is 83.4 Å². The molecule has 0 aliphatic carbocycles. The molecule has 0 fully saturated rings. The molecule has 31 heavy (non-hydrogen) atoms. The Kier molecular flexibility index (Phi) is 6.16. The van der Waals surface area contributed by atoms with E-state index in [0.29, 0.717) is 11.3 Å². The molecule has 0 bridgehead atoms. The van der Waals surface area contributed by atoms with Crippen LogP contribution in [-0.2, 0) is 20.1 Å². The van der Waals surface area contributed by atoms with Crippen LogP contribution < -0.4 is 14.6 Å². The highest BCUT2D eigenvalue weighted by Crippen LogP contribution is 2.23. The molecular formula is C21H20N2O6S2. The molecule has 0 heterocycles. The van der Waals surface area contributed by atoms with E-state index in [9.17, 15) is 21.6 Å². The summed E-state index contributed by atoms with van der Waals surface area (Å²) in [5.41, 5.74) is 1.98. The highest BCUT2D eigenvalue weighted by molar-refractivity contribution is 7.89. The second-order valence-electron chi connectivity index (χ2n) is 6.85. The quantitative estimate of drug-likeness (QED) is 0.544. The fourth-order valence-corrected chi connectivity index (χ4v) is 4.50. The number of benzene rings is 3. The number of anilines is 1. The number of rotatable bonds is 6. The Morgan fingerprint density at radius 1 is 0.871 bits per heavy atom. The molecule has 8 nitrogen and oxygen atoms in total. The van der Waals surface area contributed by atoms with Crippen LogP contribution in [0.25, 0.3) is 0 Å². The molecule has 0 saturated carbocycles. The molecule has 10 heteroatoms. The predicted molar refractivity (Wildman–Crippen MR) is 116 cm³/mol. The summed E-state index contributed by atoms with van der Waals surface area (Å²) in [5.74, 6) is -0.401. The van der Waals surface area contributed by atoms with Gasteiger partial charge in [-0.15, -0.1) is 0 Å². The zero-order chi connectivity index (χ0) is 22.8. The molecule has 0 aromatic heterocycles. The van der Waals surface area contributed by atoms with Crippen LogP contribution in [0.15, 0.2) is 76.5 Å². The van der Waals surface area contributed by atoms with Gasteiger partial charge in [0, 0.05) is 11.3 Å². The van der Waals surface area contributed by atoms with Crippen molar-refractivity contribution in [3.63, 3.8) is 0 Å². The van der Waals surface area contributed by atoms with Crippen LogP contribution in [0.2, 0.25) is 0 Å². The molecule has 162 valence electrons. The topological polar surface area (TPSA) is 133 Å². The summed E-state index contributed by atoms with van der Waals surface area (Å²) in [5, 5.41) is 7.65. The van der Waals surface area contributed by atoms with Crippen molar-refractivity contribution in [2.75, 3.05) is 5.32 Å². The molecular weight excluding hydrogens is 440 g/mol. The van der Waals surface area contributed by atoms with E-state index in [4.69, 9.17) is 9.32 Å². The summed E-state index contributed by atoms with van der Waals surface area (Å²) in [6.07, 6.45) is 0. The smallest absolute Gasteiger partial charge is 0.339 e. The first-order valence-corrected chi connectivity index (χ1v) is 12.0. The Balaban J connectivity index is 1.72. The molecule has 3 rings (SSSR count). The van der Waals surface area contributed by atoms with Gasteiger partial charge in [-0.3, -0.25) is 4.79 Å². The number of nitrogens with two attached hydrogens (primary N) is 1. The van der Waals surface area contributed by atoms with Crippen molar-refractivity contribution in [2.45, 2.75) is 23.6 Å². The summed E-state index contributed by atoms with van der Waals surface area (Å²) in [4.78, 5) is 12.4. The maximum absolute atomic E-state index is 12.6. The van der Waals surface area contributed by atoms with Crippen LogP contribution >= 0.6 is 0 Å². The van der Waals surface area contributed by atoms with Crippen molar-refractivity contribution in [3.8, 4) is 5.75 Å². The lowest BCUT2D eigenvalue weighted by Gasteiger charge is -2.11. The standard InChI is InChI=1S/C21H20N2O6S2/c1-14-3-4-15(2)20(13-14)31(27,28)29-18-9-5-16(6-10-18)21(24)23-17-7-11-19(12-8-17)30(22,25)26/h3-13H,1-2H3,(H,23,24)(H2,22,25,26). The van der Waals surface area contributed by atoms with Gasteiger partial charge in [-0.05, 0) is 79.6 Å². The number of primary sulfonamides is 1. The van der Waals surface area contributed by atoms with Crippen molar-refractivity contribution < 1.29 is 25.8 Å². The van der Waals surface area contributed by atoms with Gasteiger partial charge in [-0.25, -0.2) is 13.6 Å². The van der Waals surface area contributed by atoms with E-state index in [2.05, 4.69) is 5.32 Å². The maximum atomic E-state index is 12.6. The van der Waals surface area contributed by atoms with Crippen molar-refractivity contribution in [1.82, 2.24) is 0 Å². The molecule has 3 N–H and O–H groups in total. The van der Waals surface area contributed by atoms with Gasteiger partial charge in [0.2, 0.25) is 10.0 Å². The van der Waals surface area contributed by atoms with E-state index in [1.807, 2.05) is 6.07 Å². The highest BCUT2D eigenvalue weighted by Gasteiger charge is 2.20. The van der Waals surface area contributed by atoms with Crippen molar-refractivity contribution in [1.29, 1.82) is 0 Å². The molecule has 0 unspecified atom stereocenters. The number of carbonyl (C=O) groups is 1. The lowest BCUT2D eigenvalue weighted by atomic mass is 10.2. The van der Waals surface area contributed by atoms with Crippen LogP contribution in [0.4, 0.5) is 5.69 Å². The number of aryl methyl sites for hydroxylation is 2. The summed E-state index contributed by atoms with van der Waals surface area (Å²) in [6, 6.07) is 16.0. The molecule has 0 aliphatic rings. The largest absolute Gasteiger partial charge is 0.379 e. The summed E-state index contributed by atoms with van der Waals surface area (Å²) in [6.45, 7) is 3.47. The molecule has 0 atom stereocenters. The Morgan fingerprint density at radius 2 is 1.48 bits per heavy atom. The first-order chi connectivity index (χ1) is 14.5. The van der Waals surface area contributed by atoms with E-state index < -0.39 is 26.0 Å². The number of carbonyl (C=O) groups excluding carboxylic acids is 1. The third-order valence-corrected chi connectivity index (χ3v) is 6.70. The Bertz CT molecular complexity index is 1330. The number of hydrogen-bond donors (Lipinski definition) is 2. The number of hydrogen-bond acceptors (Lipinski definition) is 6. The van der Waals surface area contributed by atoms with Crippen molar-refractivity contribution in [2.24, 2.45) is 5.14 Å². The average Bonchev–Trinajstić information content (AvgIpc) is 2.69. The fourth-order valence-electron chi connectivity index (χ4n) is 2.74. The zero-order valence-electron chi connectivity index (χ0n) is 16.7. The van der Waals surface area contributed by atoms with Gasteiger partial charge in [0.15, 0.2) is 0 Å². The number of nitrogens with one attached hydrogen (secondary N) is 1. The molecule has 3 aromatic rings. The minimum atomic E-state index is -4.02. The molecule has 0 radical (unpaired) electrons. The van der Waals surface area contributed by atoms with Crippen LogP contribution in [0.3, 0.4) is 0 Å². The lowest BCUT2D eigenvalue weighted by molar-refractivity contribution is 0.102. The van der Waals surface area contributed by atoms with Gasteiger partial charge in [0.1, 0.15) is 10.6 Å². The van der Waals surface area contributed by atoms with Gasteiger partial charge in [0.05, 0.1) is 4.90 Å². The van der Waals surface area contributed by atoms with Gasteiger partial charge in [-0.1, -0.05) is 12.1 Å². The van der Waals surface area contributed by atoms with E-state index in [-0.39, 0.29) is 21.1 Å². The third kappa shape index (κ3) is 5.48. The fraction of sp³-hybridized carbons (Fsp3) is 0.0952. The summed E-state index contributed by atoms with van der Waals surface area (Å²) in [7, 11) is -7.85. The average molecular weight is 461 g/mol. The second kappa shape index (κ2) is 8.50.